The lowest BCUT2D eigenvalue weighted by molar-refractivity contribution is 0.0980. The highest BCUT2D eigenvalue weighted by Crippen LogP contribution is 2.30. The number of benzene rings is 2. The van der Waals surface area contributed by atoms with Crippen molar-refractivity contribution in [2.75, 3.05) is 26.2 Å². The molecule has 1 saturated heterocycles. The van der Waals surface area contributed by atoms with Gasteiger partial charge in [-0.05, 0) is 35.4 Å². The molecule has 7 heteroatoms. The van der Waals surface area contributed by atoms with E-state index in [9.17, 15) is 8.78 Å². The van der Waals surface area contributed by atoms with Gasteiger partial charge >= 0.3 is 0 Å². The Bertz CT molecular complexity index is 903. The van der Waals surface area contributed by atoms with Crippen molar-refractivity contribution >= 4 is 0 Å². The van der Waals surface area contributed by atoms with E-state index in [1.807, 2.05) is 38.1 Å². The predicted octanol–water partition coefficient (Wildman–Crippen LogP) is 4.38. The van der Waals surface area contributed by atoms with Gasteiger partial charge < -0.3 is 4.42 Å². The van der Waals surface area contributed by atoms with Gasteiger partial charge in [0.25, 0.3) is 0 Å². The fourth-order valence-corrected chi connectivity index (χ4v) is 3.84. The van der Waals surface area contributed by atoms with Gasteiger partial charge in [-0.25, -0.2) is 8.78 Å². The van der Waals surface area contributed by atoms with Crippen molar-refractivity contribution in [3.8, 4) is 0 Å². The zero-order valence-corrected chi connectivity index (χ0v) is 17.3. The molecule has 0 bridgehead atoms. The summed E-state index contributed by atoms with van der Waals surface area (Å²) in [6.45, 7) is 8.03. The van der Waals surface area contributed by atoms with Crippen LogP contribution in [0.4, 0.5) is 8.78 Å². The highest BCUT2D eigenvalue weighted by atomic mass is 19.1. The van der Waals surface area contributed by atoms with Crippen LogP contribution in [0.5, 0.6) is 0 Å². The molecular formula is C23H26F2N4O. The summed E-state index contributed by atoms with van der Waals surface area (Å²) in [4.78, 5) is 4.64. The van der Waals surface area contributed by atoms with E-state index in [1.165, 1.54) is 24.3 Å². The van der Waals surface area contributed by atoms with Gasteiger partial charge in [0, 0.05) is 32.1 Å². The molecule has 5 nitrogen and oxygen atoms in total. The Labute approximate surface area is 175 Å². The quantitative estimate of drug-likeness (QED) is 0.601. The number of hydrogen-bond donors (Lipinski definition) is 0. The van der Waals surface area contributed by atoms with Crippen LogP contribution in [0.2, 0.25) is 0 Å². The third-order valence-electron chi connectivity index (χ3n) is 5.48. The summed E-state index contributed by atoms with van der Waals surface area (Å²) in [5, 5.41) is 8.26. The minimum absolute atomic E-state index is 0.0516. The molecule has 0 N–H and O–H groups in total. The van der Waals surface area contributed by atoms with Gasteiger partial charge in [0.2, 0.25) is 11.8 Å². The summed E-state index contributed by atoms with van der Waals surface area (Å²) in [6, 6.07) is 13.1. The minimum atomic E-state index is -0.262. The Kier molecular flexibility index (Phi) is 6.20. The molecule has 4 rings (SSSR count). The first-order valence-corrected chi connectivity index (χ1v) is 10.3. The monoisotopic (exact) mass is 412 g/mol. The average Bonchev–Trinajstić information content (AvgIpc) is 3.21. The summed E-state index contributed by atoms with van der Waals surface area (Å²) in [6.07, 6.45) is 0. The third kappa shape index (κ3) is 4.74. The Hall–Kier alpha value is -2.64. The smallest absolute Gasteiger partial charge is 0.230 e. The molecule has 3 aromatic rings. The van der Waals surface area contributed by atoms with Crippen LogP contribution in [0, 0.1) is 11.6 Å². The predicted molar refractivity (Wildman–Crippen MR) is 110 cm³/mol. The number of nitrogens with zero attached hydrogens (tertiary/aromatic N) is 4. The van der Waals surface area contributed by atoms with Crippen LogP contribution >= 0.6 is 0 Å². The standard InChI is InChI=1S/C23H26F2N4O/c1-16(2)23-27-26-21(30-23)15-28-11-13-29(14-12-28)22(17-3-7-19(24)8-4-17)18-5-9-20(25)10-6-18/h3-10,16,22H,11-15H2,1-2H3. The van der Waals surface area contributed by atoms with E-state index in [0.29, 0.717) is 18.3 Å². The normalized spacial score (nSPS) is 15.9. The second-order valence-corrected chi connectivity index (χ2v) is 8.01. The lowest BCUT2D eigenvalue weighted by Crippen LogP contribution is -2.47. The summed E-state index contributed by atoms with van der Waals surface area (Å²) in [7, 11) is 0. The van der Waals surface area contributed by atoms with Crippen molar-refractivity contribution in [3.63, 3.8) is 0 Å². The summed E-state index contributed by atoms with van der Waals surface area (Å²) in [5.41, 5.74) is 1.99. The lowest BCUT2D eigenvalue weighted by Gasteiger charge is -2.39. The SMILES string of the molecule is CC(C)c1nnc(CN2CCN(C(c3ccc(F)cc3)c3ccc(F)cc3)CC2)o1. The maximum Gasteiger partial charge on any atom is 0.230 e. The van der Waals surface area contributed by atoms with Crippen molar-refractivity contribution in [1.29, 1.82) is 0 Å². The Morgan fingerprint density at radius 3 is 1.83 bits per heavy atom. The first kappa shape index (κ1) is 20.6. The van der Waals surface area contributed by atoms with Crippen LogP contribution in [0.15, 0.2) is 52.9 Å². The van der Waals surface area contributed by atoms with E-state index in [-0.39, 0.29) is 23.6 Å². The molecule has 1 aromatic heterocycles. The largest absolute Gasteiger partial charge is 0.424 e. The van der Waals surface area contributed by atoms with Crippen molar-refractivity contribution < 1.29 is 13.2 Å². The van der Waals surface area contributed by atoms with Crippen LogP contribution < -0.4 is 0 Å². The van der Waals surface area contributed by atoms with Crippen molar-refractivity contribution in [3.05, 3.63) is 83.1 Å². The topological polar surface area (TPSA) is 45.4 Å². The molecule has 0 radical (unpaired) electrons. The van der Waals surface area contributed by atoms with Crippen molar-refractivity contribution in [1.82, 2.24) is 20.0 Å². The van der Waals surface area contributed by atoms with E-state index in [4.69, 9.17) is 4.42 Å². The second kappa shape index (κ2) is 9.02. The molecule has 0 amide bonds. The van der Waals surface area contributed by atoms with E-state index < -0.39 is 0 Å². The van der Waals surface area contributed by atoms with E-state index >= 15 is 0 Å². The fraction of sp³-hybridized carbons (Fsp3) is 0.391. The Balaban J connectivity index is 1.47. The first-order chi connectivity index (χ1) is 14.5. The summed E-state index contributed by atoms with van der Waals surface area (Å²) >= 11 is 0. The van der Waals surface area contributed by atoms with E-state index in [2.05, 4.69) is 20.0 Å². The maximum atomic E-state index is 13.5. The van der Waals surface area contributed by atoms with E-state index in [1.54, 1.807) is 0 Å². The average molecular weight is 412 g/mol. The lowest BCUT2D eigenvalue weighted by atomic mass is 9.96. The molecule has 2 aromatic carbocycles. The molecule has 158 valence electrons. The van der Waals surface area contributed by atoms with Crippen LogP contribution in [0.1, 0.15) is 48.7 Å². The van der Waals surface area contributed by atoms with Gasteiger partial charge in [-0.2, -0.15) is 0 Å². The summed E-state index contributed by atoms with van der Waals surface area (Å²) in [5.74, 6) is 0.996. The van der Waals surface area contributed by atoms with Gasteiger partial charge in [0.1, 0.15) is 11.6 Å². The van der Waals surface area contributed by atoms with Crippen LogP contribution in [0.3, 0.4) is 0 Å². The van der Waals surface area contributed by atoms with Crippen molar-refractivity contribution in [2.45, 2.75) is 32.4 Å². The van der Waals surface area contributed by atoms with Crippen LogP contribution in [0.25, 0.3) is 0 Å². The number of aromatic nitrogens is 2. The third-order valence-corrected chi connectivity index (χ3v) is 5.48. The van der Waals surface area contributed by atoms with Gasteiger partial charge in [-0.3, -0.25) is 9.80 Å². The zero-order valence-electron chi connectivity index (χ0n) is 17.3. The molecule has 0 unspecified atom stereocenters. The number of rotatable bonds is 6. The first-order valence-electron chi connectivity index (χ1n) is 10.3. The van der Waals surface area contributed by atoms with Gasteiger partial charge in [-0.1, -0.05) is 38.1 Å². The van der Waals surface area contributed by atoms with Gasteiger partial charge in [0.15, 0.2) is 0 Å². The molecule has 1 fully saturated rings. The van der Waals surface area contributed by atoms with Crippen LogP contribution in [-0.4, -0.2) is 46.2 Å². The highest BCUT2D eigenvalue weighted by Gasteiger charge is 2.27. The van der Waals surface area contributed by atoms with Gasteiger partial charge in [0.05, 0.1) is 12.6 Å². The molecule has 0 saturated carbocycles. The summed E-state index contributed by atoms with van der Waals surface area (Å²) < 4.78 is 32.7. The number of hydrogen-bond acceptors (Lipinski definition) is 5. The molecule has 0 aliphatic carbocycles. The molecule has 1 aliphatic heterocycles. The number of halogens is 2. The van der Waals surface area contributed by atoms with E-state index in [0.717, 1.165) is 37.3 Å². The van der Waals surface area contributed by atoms with Crippen LogP contribution in [-0.2, 0) is 6.54 Å². The molecule has 0 spiro atoms. The molecular weight excluding hydrogens is 386 g/mol. The fourth-order valence-electron chi connectivity index (χ4n) is 3.84. The van der Waals surface area contributed by atoms with Crippen molar-refractivity contribution in [2.24, 2.45) is 0 Å². The zero-order chi connectivity index (χ0) is 21.1. The molecule has 0 atom stereocenters. The molecule has 30 heavy (non-hydrogen) atoms. The van der Waals surface area contributed by atoms with Gasteiger partial charge in [-0.15, -0.1) is 10.2 Å². The maximum absolute atomic E-state index is 13.5. The minimum Gasteiger partial charge on any atom is -0.424 e. The molecule has 1 aliphatic rings. The highest BCUT2D eigenvalue weighted by molar-refractivity contribution is 5.32. The number of piperazine rings is 1. The Morgan fingerprint density at radius 1 is 0.833 bits per heavy atom. The Morgan fingerprint density at radius 2 is 1.37 bits per heavy atom. The second-order valence-electron chi connectivity index (χ2n) is 8.01. The molecule has 2 heterocycles.